The van der Waals surface area contributed by atoms with Gasteiger partial charge in [0.05, 0.1) is 31.4 Å². The van der Waals surface area contributed by atoms with Crippen molar-refractivity contribution in [3.8, 4) is 0 Å². The molecule has 1 N–H and O–H groups in total. The number of nitrogens with zero attached hydrogens (tertiary/aromatic N) is 7. The Labute approximate surface area is 184 Å². The van der Waals surface area contributed by atoms with Crippen LogP contribution >= 0.6 is 0 Å². The van der Waals surface area contributed by atoms with Crippen LogP contribution in [0.3, 0.4) is 0 Å². The topological polar surface area (TPSA) is 131 Å². The average molecular weight is 440 g/mol. The Kier molecular flexibility index (Phi) is 7.15. The number of non-ortho nitro benzene ring substituents is 1. The Hall–Kier alpha value is -3.64. The standard InChI is InChI=1S/C20H24N8O4/c29-28(30)17-5-3-16(4-6-17)2-1-7-21-25-18-22-19(26-8-12-31-13-9-26)24-20(23-18)27-10-14-32-15-11-27/h1-7H,8-15H2,(H,22,23,24,25)/b2-1+,21-7-. The molecule has 2 aromatic rings. The van der Waals surface area contributed by atoms with E-state index >= 15 is 0 Å². The lowest BCUT2D eigenvalue weighted by Gasteiger charge is -2.30. The molecule has 0 spiro atoms. The SMILES string of the molecule is O=[N+]([O-])c1ccc(/C=C/C=N\Nc2nc(N3CCOCC3)nc(N3CCOCC3)n2)cc1. The van der Waals surface area contributed by atoms with Gasteiger partial charge in [-0.3, -0.25) is 10.1 Å². The number of hydrogen-bond acceptors (Lipinski definition) is 11. The number of aromatic nitrogens is 3. The first-order valence-corrected chi connectivity index (χ1v) is 10.3. The minimum Gasteiger partial charge on any atom is -0.378 e. The van der Waals surface area contributed by atoms with Crippen LogP contribution in [0.5, 0.6) is 0 Å². The van der Waals surface area contributed by atoms with Crippen molar-refractivity contribution in [2.75, 3.05) is 67.8 Å². The monoisotopic (exact) mass is 440 g/mol. The van der Waals surface area contributed by atoms with Crippen LogP contribution in [0.4, 0.5) is 23.5 Å². The Morgan fingerprint density at radius 3 is 2.03 bits per heavy atom. The minimum atomic E-state index is -0.427. The number of ether oxygens (including phenoxy) is 2. The van der Waals surface area contributed by atoms with Gasteiger partial charge < -0.3 is 19.3 Å². The normalized spacial score (nSPS) is 17.2. The molecule has 2 aliphatic heterocycles. The maximum Gasteiger partial charge on any atom is 0.269 e. The summed E-state index contributed by atoms with van der Waals surface area (Å²) in [6.45, 7) is 5.39. The van der Waals surface area contributed by atoms with E-state index in [1.54, 1.807) is 30.5 Å². The third-order valence-electron chi connectivity index (χ3n) is 4.92. The number of anilines is 3. The molecule has 32 heavy (non-hydrogen) atoms. The second-order valence-electron chi connectivity index (χ2n) is 7.06. The summed E-state index contributed by atoms with van der Waals surface area (Å²) in [6.07, 6.45) is 5.08. The van der Waals surface area contributed by atoms with Gasteiger partial charge in [0.1, 0.15) is 0 Å². The number of nitro groups is 1. The van der Waals surface area contributed by atoms with Crippen molar-refractivity contribution in [1.82, 2.24) is 15.0 Å². The van der Waals surface area contributed by atoms with Gasteiger partial charge in [0.15, 0.2) is 0 Å². The summed E-state index contributed by atoms with van der Waals surface area (Å²) in [5.74, 6) is 1.52. The summed E-state index contributed by atoms with van der Waals surface area (Å²) in [5, 5.41) is 14.9. The summed E-state index contributed by atoms with van der Waals surface area (Å²) >= 11 is 0. The van der Waals surface area contributed by atoms with Gasteiger partial charge in [-0.15, -0.1) is 0 Å². The Morgan fingerprint density at radius 1 is 0.938 bits per heavy atom. The quantitative estimate of drug-likeness (QED) is 0.384. The molecule has 0 amide bonds. The van der Waals surface area contributed by atoms with E-state index < -0.39 is 4.92 Å². The molecule has 0 unspecified atom stereocenters. The van der Waals surface area contributed by atoms with Crippen molar-refractivity contribution in [2.24, 2.45) is 5.10 Å². The Balaban J connectivity index is 1.44. The number of allylic oxidation sites excluding steroid dienone is 1. The van der Waals surface area contributed by atoms with E-state index in [1.807, 2.05) is 0 Å². The smallest absolute Gasteiger partial charge is 0.269 e. The molecule has 4 rings (SSSR count). The van der Waals surface area contributed by atoms with Gasteiger partial charge in [-0.2, -0.15) is 20.1 Å². The molecule has 2 fully saturated rings. The van der Waals surface area contributed by atoms with Crippen LogP contribution in [-0.4, -0.2) is 78.7 Å². The van der Waals surface area contributed by atoms with E-state index in [0.29, 0.717) is 70.5 Å². The first kappa shape index (κ1) is 21.6. The first-order chi connectivity index (χ1) is 15.7. The molecule has 0 atom stereocenters. The fourth-order valence-corrected chi connectivity index (χ4v) is 3.21. The number of benzene rings is 1. The summed E-state index contributed by atoms with van der Waals surface area (Å²) in [4.78, 5) is 28.1. The molecule has 3 heterocycles. The van der Waals surface area contributed by atoms with Crippen molar-refractivity contribution in [3.05, 3.63) is 46.0 Å². The molecule has 1 aromatic carbocycles. The van der Waals surface area contributed by atoms with E-state index in [-0.39, 0.29) is 5.69 Å². The third kappa shape index (κ3) is 5.74. The molecule has 168 valence electrons. The maximum atomic E-state index is 10.7. The van der Waals surface area contributed by atoms with E-state index in [1.165, 1.54) is 12.1 Å². The lowest BCUT2D eigenvalue weighted by molar-refractivity contribution is -0.384. The van der Waals surface area contributed by atoms with Gasteiger partial charge in [0.2, 0.25) is 17.8 Å². The van der Waals surface area contributed by atoms with Gasteiger partial charge in [-0.25, -0.2) is 5.43 Å². The van der Waals surface area contributed by atoms with Crippen LogP contribution in [0.15, 0.2) is 35.4 Å². The maximum absolute atomic E-state index is 10.7. The number of nitro benzene ring substituents is 1. The molecule has 0 saturated carbocycles. The number of morpholine rings is 2. The van der Waals surface area contributed by atoms with Crippen LogP contribution in [0.2, 0.25) is 0 Å². The fraction of sp³-hybridized carbons (Fsp3) is 0.400. The second kappa shape index (κ2) is 10.6. The van der Waals surface area contributed by atoms with Crippen molar-refractivity contribution < 1.29 is 14.4 Å². The van der Waals surface area contributed by atoms with E-state index in [9.17, 15) is 10.1 Å². The highest BCUT2D eigenvalue weighted by Gasteiger charge is 2.20. The van der Waals surface area contributed by atoms with Crippen molar-refractivity contribution in [1.29, 1.82) is 0 Å². The van der Waals surface area contributed by atoms with Crippen LogP contribution in [0.1, 0.15) is 5.56 Å². The Morgan fingerprint density at radius 2 is 1.50 bits per heavy atom. The zero-order valence-corrected chi connectivity index (χ0v) is 17.5. The van der Waals surface area contributed by atoms with E-state index in [0.717, 1.165) is 5.56 Å². The zero-order valence-electron chi connectivity index (χ0n) is 17.5. The zero-order chi connectivity index (χ0) is 22.2. The average Bonchev–Trinajstić information content (AvgIpc) is 2.85. The summed E-state index contributed by atoms with van der Waals surface area (Å²) < 4.78 is 10.8. The summed E-state index contributed by atoms with van der Waals surface area (Å²) in [5.41, 5.74) is 3.75. The molecule has 2 aliphatic rings. The molecule has 0 bridgehead atoms. The Bertz CT molecular complexity index is 934. The predicted molar refractivity (Wildman–Crippen MR) is 120 cm³/mol. The lowest BCUT2D eigenvalue weighted by atomic mass is 10.2. The van der Waals surface area contributed by atoms with Crippen LogP contribution in [-0.2, 0) is 9.47 Å². The molecule has 12 heteroatoms. The van der Waals surface area contributed by atoms with Crippen molar-refractivity contribution >= 4 is 35.8 Å². The number of nitrogens with one attached hydrogen (secondary N) is 1. The minimum absolute atomic E-state index is 0.0551. The van der Waals surface area contributed by atoms with Crippen molar-refractivity contribution in [2.45, 2.75) is 0 Å². The first-order valence-electron chi connectivity index (χ1n) is 10.3. The summed E-state index contributed by atoms with van der Waals surface area (Å²) in [7, 11) is 0. The third-order valence-corrected chi connectivity index (χ3v) is 4.92. The van der Waals surface area contributed by atoms with Gasteiger partial charge in [-0.05, 0) is 23.8 Å². The molecule has 1 aromatic heterocycles. The van der Waals surface area contributed by atoms with Gasteiger partial charge in [0.25, 0.3) is 5.69 Å². The van der Waals surface area contributed by atoms with Crippen LogP contribution < -0.4 is 15.2 Å². The molecule has 0 radical (unpaired) electrons. The highest BCUT2D eigenvalue weighted by Crippen LogP contribution is 2.18. The van der Waals surface area contributed by atoms with Crippen LogP contribution in [0, 0.1) is 10.1 Å². The largest absolute Gasteiger partial charge is 0.378 e. The van der Waals surface area contributed by atoms with Gasteiger partial charge >= 0.3 is 0 Å². The lowest BCUT2D eigenvalue weighted by Crippen LogP contribution is -2.40. The number of hydrogen-bond donors (Lipinski definition) is 1. The highest BCUT2D eigenvalue weighted by molar-refractivity contribution is 5.78. The van der Waals surface area contributed by atoms with Crippen molar-refractivity contribution in [3.63, 3.8) is 0 Å². The number of hydrazone groups is 1. The molecular weight excluding hydrogens is 416 g/mol. The molecule has 12 nitrogen and oxygen atoms in total. The van der Waals surface area contributed by atoms with E-state index in [4.69, 9.17) is 9.47 Å². The fourth-order valence-electron chi connectivity index (χ4n) is 3.21. The second-order valence-corrected chi connectivity index (χ2v) is 7.06. The highest BCUT2D eigenvalue weighted by atomic mass is 16.6. The molecular formula is C20H24N8O4. The van der Waals surface area contributed by atoms with Crippen LogP contribution in [0.25, 0.3) is 6.08 Å². The van der Waals surface area contributed by atoms with E-state index in [2.05, 4.69) is 35.3 Å². The molecule has 2 saturated heterocycles. The van der Waals surface area contributed by atoms with Gasteiger partial charge in [-0.1, -0.05) is 6.08 Å². The predicted octanol–water partition coefficient (Wildman–Crippen LogP) is 1.56. The van der Waals surface area contributed by atoms with Gasteiger partial charge in [0, 0.05) is 44.5 Å². The number of rotatable bonds is 7. The molecule has 0 aliphatic carbocycles. The summed E-state index contributed by atoms with van der Waals surface area (Å²) in [6, 6.07) is 6.26.